The minimum Gasteiger partial charge on any atom is -0.352 e. The Hall–Kier alpha value is -2.00. The fourth-order valence-corrected chi connectivity index (χ4v) is 4.35. The molecule has 2 amide bonds. The van der Waals surface area contributed by atoms with Crippen molar-refractivity contribution in [3.05, 3.63) is 63.1 Å². The van der Waals surface area contributed by atoms with Gasteiger partial charge in [0, 0.05) is 17.6 Å². The molecule has 11 heteroatoms. The summed E-state index contributed by atoms with van der Waals surface area (Å²) in [4.78, 5) is 27.6. The number of sulfonamides is 1. The number of carbonyl (C=O) groups excluding carboxylic acids is 2. The number of rotatable bonds is 10. The van der Waals surface area contributed by atoms with E-state index in [1.165, 1.54) is 23.1 Å². The molecule has 0 fully saturated rings. The summed E-state index contributed by atoms with van der Waals surface area (Å²) < 4.78 is 26.0. The summed E-state index contributed by atoms with van der Waals surface area (Å²) in [6.45, 7) is 4.98. The summed E-state index contributed by atoms with van der Waals surface area (Å²) in [7, 11) is -3.86. The lowest BCUT2D eigenvalue weighted by atomic mass is 10.1. The molecule has 1 N–H and O–H groups in total. The van der Waals surface area contributed by atoms with Crippen LogP contribution in [0, 0.1) is 0 Å². The Kier molecular flexibility index (Phi) is 10.1. The molecule has 0 aliphatic carbocycles. The Morgan fingerprint density at radius 2 is 1.62 bits per heavy atom. The van der Waals surface area contributed by atoms with E-state index in [1.807, 2.05) is 13.8 Å². The topological polar surface area (TPSA) is 86.8 Å². The molecule has 2 aromatic rings. The highest BCUT2D eigenvalue weighted by molar-refractivity contribution is 7.92. The molecule has 2 atom stereocenters. The summed E-state index contributed by atoms with van der Waals surface area (Å²) in [6.07, 6.45) is 1.72. The lowest BCUT2D eigenvalue weighted by Crippen LogP contribution is -2.52. The predicted molar refractivity (Wildman–Crippen MR) is 138 cm³/mol. The van der Waals surface area contributed by atoms with Gasteiger partial charge >= 0.3 is 0 Å². The monoisotopic (exact) mass is 547 g/mol. The predicted octanol–water partition coefficient (Wildman–Crippen LogP) is 4.74. The highest BCUT2D eigenvalue weighted by Gasteiger charge is 2.30. The van der Waals surface area contributed by atoms with E-state index in [2.05, 4.69) is 5.32 Å². The highest BCUT2D eigenvalue weighted by atomic mass is 35.5. The quantitative estimate of drug-likeness (QED) is 0.464. The number of hydrogen-bond acceptors (Lipinski definition) is 4. The van der Waals surface area contributed by atoms with Crippen molar-refractivity contribution in [2.24, 2.45) is 0 Å². The lowest BCUT2D eigenvalue weighted by Gasteiger charge is -2.32. The fraction of sp³-hybridized carbons (Fsp3) is 0.391. The van der Waals surface area contributed by atoms with Crippen LogP contribution in [0.3, 0.4) is 0 Å². The van der Waals surface area contributed by atoms with Crippen molar-refractivity contribution in [2.45, 2.75) is 45.8 Å². The van der Waals surface area contributed by atoms with E-state index in [1.54, 1.807) is 31.2 Å². The molecule has 0 unspecified atom stereocenters. The van der Waals surface area contributed by atoms with E-state index < -0.39 is 28.5 Å². The number of anilines is 1. The Morgan fingerprint density at radius 3 is 2.15 bits per heavy atom. The second kappa shape index (κ2) is 12.1. The molecular weight excluding hydrogens is 521 g/mol. The maximum atomic E-state index is 13.5. The zero-order valence-electron chi connectivity index (χ0n) is 19.4. The largest absolute Gasteiger partial charge is 0.352 e. The van der Waals surface area contributed by atoms with Gasteiger partial charge in [-0.15, -0.1) is 0 Å². The third-order valence-corrected chi connectivity index (χ3v) is 7.44. The van der Waals surface area contributed by atoms with Gasteiger partial charge in [-0.25, -0.2) is 8.42 Å². The van der Waals surface area contributed by atoms with Gasteiger partial charge in [-0.3, -0.25) is 13.9 Å². The molecule has 0 saturated heterocycles. The van der Waals surface area contributed by atoms with Crippen LogP contribution in [-0.4, -0.2) is 50.0 Å². The molecule has 7 nitrogen and oxygen atoms in total. The zero-order chi connectivity index (χ0) is 25.6. The number of benzene rings is 2. The van der Waals surface area contributed by atoms with Crippen molar-refractivity contribution in [1.29, 1.82) is 0 Å². The number of nitrogens with zero attached hydrogens (tertiary/aromatic N) is 2. The minimum absolute atomic E-state index is 0.0776. The van der Waals surface area contributed by atoms with Crippen molar-refractivity contribution in [3.8, 4) is 0 Å². The van der Waals surface area contributed by atoms with E-state index >= 15 is 0 Å². The molecule has 0 radical (unpaired) electrons. The molecule has 0 aromatic heterocycles. The Labute approximate surface area is 216 Å². The van der Waals surface area contributed by atoms with Gasteiger partial charge in [0.15, 0.2) is 0 Å². The Morgan fingerprint density at radius 1 is 1.00 bits per heavy atom. The van der Waals surface area contributed by atoms with Gasteiger partial charge in [-0.05, 0) is 56.2 Å². The average molecular weight is 549 g/mol. The molecule has 186 valence electrons. The molecule has 0 aliphatic heterocycles. The number of hydrogen-bond donors (Lipinski definition) is 1. The summed E-state index contributed by atoms with van der Waals surface area (Å²) in [5, 5.41) is 3.81. The van der Waals surface area contributed by atoms with Crippen molar-refractivity contribution in [2.75, 3.05) is 17.1 Å². The van der Waals surface area contributed by atoms with Crippen LogP contribution < -0.4 is 9.62 Å². The number of carbonyl (C=O) groups is 2. The van der Waals surface area contributed by atoms with E-state index in [9.17, 15) is 18.0 Å². The summed E-state index contributed by atoms with van der Waals surface area (Å²) in [5.74, 6) is -0.893. The first-order valence-electron chi connectivity index (χ1n) is 10.6. The summed E-state index contributed by atoms with van der Waals surface area (Å²) >= 11 is 18.0. The third-order valence-electron chi connectivity index (χ3n) is 5.30. The maximum Gasteiger partial charge on any atom is 0.244 e. The van der Waals surface area contributed by atoms with Gasteiger partial charge in [0.2, 0.25) is 21.8 Å². The van der Waals surface area contributed by atoms with Crippen molar-refractivity contribution < 1.29 is 18.0 Å². The molecule has 2 aromatic carbocycles. The first-order chi connectivity index (χ1) is 15.8. The van der Waals surface area contributed by atoms with Gasteiger partial charge in [-0.1, -0.05) is 53.9 Å². The average Bonchev–Trinajstić information content (AvgIpc) is 2.77. The molecule has 2 rings (SSSR count). The smallest absolute Gasteiger partial charge is 0.244 e. The highest BCUT2D eigenvalue weighted by Crippen LogP contribution is 2.28. The van der Waals surface area contributed by atoms with Crippen LogP contribution in [0.25, 0.3) is 0 Å². The Bertz CT molecular complexity index is 1130. The van der Waals surface area contributed by atoms with Crippen molar-refractivity contribution in [1.82, 2.24) is 10.2 Å². The Balaban J connectivity index is 2.39. The van der Waals surface area contributed by atoms with Crippen molar-refractivity contribution >= 4 is 62.3 Å². The zero-order valence-corrected chi connectivity index (χ0v) is 22.5. The van der Waals surface area contributed by atoms with Gasteiger partial charge in [-0.2, -0.15) is 0 Å². The van der Waals surface area contributed by atoms with Crippen LogP contribution in [0.4, 0.5) is 5.69 Å². The third kappa shape index (κ3) is 7.77. The summed E-state index contributed by atoms with van der Waals surface area (Å²) in [5.41, 5.74) is 0.926. The van der Waals surface area contributed by atoms with E-state index in [-0.39, 0.29) is 34.2 Å². The van der Waals surface area contributed by atoms with E-state index in [0.29, 0.717) is 5.02 Å². The first kappa shape index (κ1) is 28.2. The molecule has 0 spiro atoms. The van der Waals surface area contributed by atoms with Gasteiger partial charge in [0.1, 0.15) is 12.6 Å². The van der Waals surface area contributed by atoms with Crippen LogP contribution in [0.1, 0.15) is 32.8 Å². The number of amides is 2. The lowest BCUT2D eigenvalue weighted by molar-refractivity contribution is -0.139. The molecule has 0 aliphatic rings. The first-order valence-corrected chi connectivity index (χ1v) is 13.6. The fourth-order valence-electron chi connectivity index (χ4n) is 3.09. The molecular formula is C23H28Cl3N3O4S. The van der Waals surface area contributed by atoms with E-state index in [0.717, 1.165) is 22.5 Å². The number of halogens is 3. The maximum absolute atomic E-state index is 13.5. The van der Waals surface area contributed by atoms with Crippen LogP contribution in [0.2, 0.25) is 15.1 Å². The van der Waals surface area contributed by atoms with Crippen LogP contribution in [-0.2, 0) is 26.2 Å². The van der Waals surface area contributed by atoms with E-state index in [4.69, 9.17) is 34.8 Å². The van der Waals surface area contributed by atoms with Crippen LogP contribution >= 0.6 is 34.8 Å². The SMILES string of the molecule is CC[C@H](C)NC(=O)[C@@H](C)N(Cc1ccc(Cl)cc1)C(=O)CN(c1ccc(Cl)c(Cl)c1)S(C)(=O)=O. The van der Waals surface area contributed by atoms with Gasteiger partial charge in [0.25, 0.3) is 0 Å². The van der Waals surface area contributed by atoms with Gasteiger partial charge < -0.3 is 10.2 Å². The molecule has 34 heavy (non-hydrogen) atoms. The summed E-state index contributed by atoms with van der Waals surface area (Å²) in [6, 6.07) is 10.2. The van der Waals surface area contributed by atoms with Crippen molar-refractivity contribution in [3.63, 3.8) is 0 Å². The normalized spacial score (nSPS) is 13.1. The van der Waals surface area contributed by atoms with Crippen LogP contribution in [0.15, 0.2) is 42.5 Å². The molecule has 0 saturated carbocycles. The minimum atomic E-state index is -3.86. The molecule has 0 bridgehead atoms. The second-order valence-corrected chi connectivity index (χ2v) is 11.2. The number of nitrogens with one attached hydrogen (secondary N) is 1. The second-order valence-electron chi connectivity index (χ2n) is 8.01. The van der Waals surface area contributed by atoms with Gasteiger partial charge in [0.05, 0.1) is 22.0 Å². The van der Waals surface area contributed by atoms with Crippen LogP contribution in [0.5, 0.6) is 0 Å². The molecule has 0 heterocycles. The standard InChI is InChI=1S/C23H28Cl3N3O4S/c1-5-15(2)27-23(31)16(3)28(13-17-6-8-18(24)9-7-17)22(30)14-29(34(4,32)33)19-10-11-20(25)21(26)12-19/h6-12,15-16H,5,13-14H2,1-4H3,(H,27,31)/t15-,16+/m0/s1.